The van der Waals surface area contributed by atoms with E-state index in [1.54, 1.807) is 24.8 Å². The summed E-state index contributed by atoms with van der Waals surface area (Å²) in [6.45, 7) is 3.16. The summed E-state index contributed by atoms with van der Waals surface area (Å²) in [6.07, 6.45) is 5.66. The molecule has 0 bridgehead atoms. The maximum Gasteiger partial charge on any atom is 0.255 e. The van der Waals surface area contributed by atoms with Crippen molar-refractivity contribution in [2.45, 2.75) is 6.42 Å². The lowest BCUT2D eigenvalue weighted by molar-refractivity contribution is 0.0745. The van der Waals surface area contributed by atoms with Crippen LogP contribution in [-0.2, 0) is 6.42 Å². The molecule has 1 aliphatic heterocycles. The third kappa shape index (κ3) is 5.11. The molecule has 0 aliphatic carbocycles. The van der Waals surface area contributed by atoms with Crippen molar-refractivity contribution in [2.24, 2.45) is 0 Å². The molecule has 2 N–H and O–H groups in total. The molecule has 1 saturated heterocycles. The van der Waals surface area contributed by atoms with Crippen molar-refractivity contribution in [3.8, 4) is 0 Å². The van der Waals surface area contributed by atoms with Crippen LogP contribution in [0.25, 0.3) is 0 Å². The summed E-state index contributed by atoms with van der Waals surface area (Å²) in [5, 5.41) is 2.89. The number of hydrogen-bond donors (Lipinski definition) is 2. The third-order valence-electron chi connectivity index (χ3n) is 5.24. The molecule has 3 aromatic rings. The van der Waals surface area contributed by atoms with Crippen LogP contribution in [-0.4, -0.2) is 64.4 Å². The fraction of sp³-hybridized carbons (Fsp3) is 0.273. The molecular weight excluding hydrogens is 460 g/mol. The van der Waals surface area contributed by atoms with Gasteiger partial charge in [0.15, 0.2) is 0 Å². The Bertz CT molecular complexity index is 1030. The molecule has 3 heterocycles. The van der Waals surface area contributed by atoms with Gasteiger partial charge in [-0.05, 0) is 40.2 Å². The maximum absolute atomic E-state index is 12.8. The van der Waals surface area contributed by atoms with Gasteiger partial charge < -0.3 is 20.1 Å². The fourth-order valence-corrected chi connectivity index (χ4v) is 3.94. The summed E-state index contributed by atoms with van der Waals surface area (Å²) < 4.78 is 0.808. The van der Waals surface area contributed by atoms with Gasteiger partial charge in [0, 0.05) is 61.7 Å². The molecule has 8 nitrogen and oxygen atoms in total. The summed E-state index contributed by atoms with van der Waals surface area (Å²) in [4.78, 5) is 40.5. The zero-order chi connectivity index (χ0) is 21.6. The Morgan fingerprint density at radius 1 is 1.06 bits per heavy atom. The zero-order valence-corrected chi connectivity index (χ0v) is 18.5. The van der Waals surface area contributed by atoms with Gasteiger partial charge in [-0.3, -0.25) is 9.59 Å². The number of piperazine rings is 1. The van der Waals surface area contributed by atoms with E-state index in [4.69, 9.17) is 0 Å². The summed E-state index contributed by atoms with van der Waals surface area (Å²) in [6, 6.07) is 11.1. The fourth-order valence-electron chi connectivity index (χ4n) is 3.49. The van der Waals surface area contributed by atoms with Crippen LogP contribution < -0.4 is 10.2 Å². The molecule has 9 heteroatoms. The van der Waals surface area contributed by atoms with E-state index in [0.29, 0.717) is 50.3 Å². The van der Waals surface area contributed by atoms with Crippen LogP contribution in [0.1, 0.15) is 26.4 Å². The largest absolute Gasteiger partial charge is 0.353 e. The van der Waals surface area contributed by atoms with Crippen LogP contribution in [0.3, 0.4) is 0 Å². The van der Waals surface area contributed by atoms with Crippen molar-refractivity contribution in [1.29, 1.82) is 0 Å². The number of imidazole rings is 1. The molecule has 1 aromatic carbocycles. The summed E-state index contributed by atoms with van der Waals surface area (Å²) in [7, 11) is 0. The first-order valence-electron chi connectivity index (χ1n) is 10.1. The number of rotatable bonds is 6. The molecule has 160 valence electrons. The van der Waals surface area contributed by atoms with E-state index in [1.165, 1.54) is 0 Å². The smallest absolute Gasteiger partial charge is 0.255 e. The Morgan fingerprint density at radius 3 is 2.55 bits per heavy atom. The number of anilines is 1. The Labute approximate surface area is 188 Å². The topological polar surface area (TPSA) is 94.2 Å². The number of amides is 2. The van der Waals surface area contributed by atoms with Crippen molar-refractivity contribution >= 4 is 33.6 Å². The molecule has 4 rings (SSSR count). The molecular formula is C22H23BrN6O2. The Balaban J connectivity index is 1.28. The van der Waals surface area contributed by atoms with Crippen LogP contribution in [0.15, 0.2) is 59.6 Å². The minimum absolute atomic E-state index is 0.0298. The van der Waals surface area contributed by atoms with E-state index < -0.39 is 0 Å². The van der Waals surface area contributed by atoms with E-state index >= 15 is 0 Å². The van der Waals surface area contributed by atoms with Crippen LogP contribution in [0.2, 0.25) is 0 Å². The van der Waals surface area contributed by atoms with Crippen molar-refractivity contribution in [3.05, 3.63) is 76.4 Å². The highest BCUT2D eigenvalue weighted by Gasteiger charge is 2.24. The average Bonchev–Trinajstić information content (AvgIpc) is 3.33. The highest BCUT2D eigenvalue weighted by molar-refractivity contribution is 9.10. The maximum atomic E-state index is 12.8. The van der Waals surface area contributed by atoms with Crippen molar-refractivity contribution in [1.82, 2.24) is 25.2 Å². The van der Waals surface area contributed by atoms with Gasteiger partial charge in [-0.25, -0.2) is 9.97 Å². The molecule has 0 atom stereocenters. The molecule has 0 unspecified atom stereocenters. The predicted molar refractivity (Wildman–Crippen MR) is 121 cm³/mol. The first-order chi connectivity index (χ1) is 15.1. The van der Waals surface area contributed by atoms with Gasteiger partial charge >= 0.3 is 0 Å². The number of aromatic amines is 1. The van der Waals surface area contributed by atoms with E-state index in [1.807, 2.05) is 35.2 Å². The molecule has 0 saturated carbocycles. The number of benzene rings is 1. The summed E-state index contributed by atoms with van der Waals surface area (Å²) in [5.74, 6) is 0.687. The minimum atomic E-state index is -0.151. The minimum Gasteiger partial charge on any atom is -0.353 e. The lowest BCUT2D eigenvalue weighted by atomic mass is 10.2. The Morgan fingerprint density at radius 2 is 1.87 bits per heavy atom. The zero-order valence-electron chi connectivity index (χ0n) is 16.9. The van der Waals surface area contributed by atoms with E-state index in [2.05, 4.69) is 41.1 Å². The molecule has 1 aliphatic rings. The second kappa shape index (κ2) is 9.74. The second-order valence-electron chi connectivity index (χ2n) is 7.25. The molecule has 1 fully saturated rings. The van der Waals surface area contributed by atoms with Gasteiger partial charge in [0.25, 0.3) is 11.8 Å². The number of aromatic nitrogens is 3. The van der Waals surface area contributed by atoms with E-state index in [-0.39, 0.29) is 11.8 Å². The number of halogens is 1. The highest BCUT2D eigenvalue weighted by atomic mass is 79.9. The monoisotopic (exact) mass is 482 g/mol. The molecule has 2 amide bonds. The van der Waals surface area contributed by atoms with Gasteiger partial charge in [-0.1, -0.05) is 12.1 Å². The number of carbonyl (C=O) groups excluding carboxylic acids is 2. The Hall–Kier alpha value is -3.20. The van der Waals surface area contributed by atoms with Gasteiger partial charge in [0.05, 0.1) is 17.5 Å². The number of pyridine rings is 1. The highest BCUT2D eigenvalue weighted by Crippen LogP contribution is 2.20. The number of H-pyrrole nitrogens is 1. The van der Waals surface area contributed by atoms with Gasteiger partial charge in [-0.15, -0.1) is 0 Å². The third-order valence-corrected chi connectivity index (χ3v) is 5.93. The van der Waals surface area contributed by atoms with Gasteiger partial charge in [0.1, 0.15) is 5.82 Å². The number of nitrogens with zero attached hydrogens (tertiary/aromatic N) is 4. The SMILES string of the molecule is O=C(NCCc1cnc[nH]1)c1ccc(N2CCN(C(=O)c3ccccc3Br)CC2)nc1. The van der Waals surface area contributed by atoms with Crippen LogP contribution in [0.5, 0.6) is 0 Å². The number of carbonyl (C=O) groups is 2. The lowest BCUT2D eigenvalue weighted by Gasteiger charge is -2.35. The molecule has 0 spiro atoms. The predicted octanol–water partition coefficient (Wildman–Crippen LogP) is 2.50. The van der Waals surface area contributed by atoms with Gasteiger partial charge in [0.2, 0.25) is 0 Å². The van der Waals surface area contributed by atoms with Crippen molar-refractivity contribution < 1.29 is 9.59 Å². The van der Waals surface area contributed by atoms with Gasteiger partial charge in [-0.2, -0.15) is 0 Å². The standard InChI is InChI=1S/C22H23BrN6O2/c23-19-4-2-1-3-18(19)22(31)29-11-9-28(10-12-29)20-6-5-16(13-26-20)21(30)25-8-7-17-14-24-15-27-17/h1-6,13-15H,7-12H2,(H,24,27)(H,25,30). The van der Waals surface area contributed by atoms with Crippen LogP contribution >= 0.6 is 15.9 Å². The average molecular weight is 483 g/mol. The van der Waals surface area contributed by atoms with E-state index in [0.717, 1.165) is 16.0 Å². The number of hydrogen-bond acceptors (Lipinski definition) is 5. The quantitative estimate of drug-likeness (QED) is 0.562. The molecule has 2 aromatic heterocycles. The lowest BCUT2D eigenvalue weighted by Crippen LogP contribution is -2.49. The first kappa shape index (κ1) is 21.0. The van der Waals surface area contributed by atoms with Crippen LogP contribution in [0.4, 0.5) is 5.82 Å². The summed E-state index contributed by atoms with van der Waals surface area (Å²) >= 11 is 3.45. The second-order valence-corrected chi connectivity index (χ2v) is 8.10. The summed E-state index contributed by atoms with van der Waals surface area (Å²) in [5.41, 5.74) is 2.18. The normalized spacial score (nSPS) is 13.8. The Kier molecular flexibility index (Phi) is 6.61. The molecule has 31 heavy (non-hydrogen) atoms. The number of nitrogens with one attached hydrogen (secondary N) is 2. The van der Waals surface area contributed by atoms with E-state index in [9.17, 15) is 9.59 Å². The van der Waals surface area contributed by atoms with Crippen molar-refractivity contribution in [3.63, 3.8) is 0 Å². The van der Waals surface area contributed by atoms with Crippen LogP contribution in [0, 0.1) is 0 Å². The van der Waals surface area contributed by atoms with Crippen molar-refractivity contribution in [2.75, 3.05) is 37.6 Å². The molecule has 0 radical (unpaired) electrons. The first-order valence-corrected chi connectivity index (χ1v) is 10.9.